The number of rotatable bonds is 14. The van der Waals surface area contributed by atoms with E-state index in [1.165, 1.54) is 26.6 Å². The predicted octanol–water partition coefficient (Wildman–Crippen LogP) is 6.32. The largest absolute Gasteiger partial charge is 0.493 e. The second-order valence-electron chi connectivity index (χ2n) is 12.5. The van der Waals surface area contributed by atoms with Crippen LogP contribution in [0.3, 0.4) is 0 Å². The molecule has 0 spiro atoms. The van der Waals surface area contributed by atoms with Gasteiger partial charge in [-0.05, 0) is 85.8 Å². The SMILES string of the molecule is COc1ccc([C@H](Cc2c(Cl)c[n+](O)cc2Cl)c2cc(CNC(C(=O)OCC3CCN(C)CC3)c3ccccc3)ccc2C(=O)O)cc1OC. The van der Waals surface area contributed by atoms with Gasteiger partial charge in [0.15, 0.2) is 11.5 Å². The lowest BCUT2D eigenvalue weighted by Gasteiger charge is -2.29. The normalized spacial score (nSPS) is 14.9. The molecule has 264 valence electrons. The number of carboxylic acid groups (broad SMARTS) is 1. The first-order valence-electron chi connectivity index (χ1n) is 16.4. The third kappa shape index (κ3) is 9.05. The van der Waals surface area contributed by atoms with E-state index in [1.54, 1.807) is 24.3 Å². The fourth-order valence-corrected chi connectivity index (χ4v) is 6.94. The van der Waals surface area contributed by atoms with Crippen molar-refractivity contribution >= 4 is 35.1 Å². The molecule has 1 fully saturated rings. The number of piperidine rings is 1. The summed E-state index contributed by atoms with van der Waals surface area (Å²) in [5.74, 6) is -0.751. The van der Waals surface area contributed by atoms with Crippen LogP contribution in [0.4, 0.5) is 0 Å². The number of carbonyl (C=O) groups is 2. The van der Waals surface area contributed by atoms with Crippen LogP contribution in [0.15, 0.2) is 79.1 Å². The number of ether oxygens (including phenoxy) is 3. The topological polar surface area (TPSA) is 121 Å². The Balaban J connectivity index is 1.49. The standard InChI is InChI=1S/C38H41Cl2N3O7/c1-42-15-13-24(14-16-42)23-50-38(46)36(26-7-5-4-6-8-26)41-20-25-9-11-28(37(44)45)30(17-25)29(19-31-32(39)21-43(47)22-33(31)40)27-10-12-34(48-2)35(18-27)49-3/h4-12,17-18,21-22,24,29,36,41H,13-16,19-20,23H2,1-3H3,(H-,44,45,47)/p+1/t29-,36?/m0/s1. The monoisotopic (exact) mass is 722 g/mol. The van der Waals surface area contributed by atoms with Crippen LogP contribution in [0.5, 0.6) is 11.5 Å². The van der Waals surface area contributed by atoms with Gasteiger partial charge in [-0.2, -0.15) is 0 Å². The van der Waals surface area contributed by atoms with E-state index in [0.29, 0.717) is 35.2 Å². The number of halogens is 2. The lowest BCUT2D eigenvalue weighted by atomic mass is 9.82. The molecule has 2 atom stereocenters. The molecule has 50 heavy (non-hydrogen) atoms. The summed E-state index contributed by atoms with van der Waals surface area (Å²) in [7, 11) is 5.16. The molecule has 10 nitrogen and oxygen atoms in total. The summed E-state index contributed by atoms with van der Waals surface area (Å²) in [4.78, 5) is 28.5. The zero-order chi connectivity index (χ0) is 35.8. The smallest absolute Gasteiger partial charge is 0.335 e. The number of nitrogens with zero attached hydrogens (tertiary/aromatic N) is 2. The maximum absolute atomic E-state index is 13.5. The molecule has 4 aromatic rings. The molecule has 0 amide bonds. The van der Waals surface area contributed by atoms with Crippen molar-refractivity contribution in [1.29, 1.82) is 0 Å². The Bertz CT molecular complexity index is 1780. The van der Waals surface area contributed by atoms with Gasteiger partial charge in [-0.3, -0.25) is 10.5 Å². The summed E-state index contributed by atoms with van der Waals surface area (Å²) in [5, 5.41) is 24.1. The van der Waals surface area contributed by atoms with Gasteiger partial charge < -0.3 is 24.2 Å². The molecule has 0 saturated carbocycles. The van der Waals surface area contributed by atoms with E-state index in [-0.39, 0.29) is 34.5 Å². The van der Waals surface area contributed by atoms with Crippen LogP contribution in [-0.2, 0) is 22.5 Å². The molecule has 1 aromatic heterocycles. The number of aromatic carboxylic acids is 1. The number of hydrogen-bond acceptors (Lipinski definition) is 8. The quantitative estimate of drug-likeness (QED) is 0.0780. The van der Waals surface area contributed by atoms with Gasteiger partial charge in [-0.1, -0.05) is 71.7 Å². The number of hydrogen-bond donors (Lipinski definition) is 3. The van der Waals surface area contributed by atoms with Crippen molar-refractivity contribution in [2.75, 3.05) is 41.0 Å². The van der Waals surface area contributed by atoms with Crippen LogP contribution in [0.1, 0.15) is 63.0 Å². The van der Waals surface area contributed by atoms with E-state index in [4.69, 9.17) is 37.4 Å². The van der Waals surface area contributed by atoms with Gasteiger partial charge in [-0.15, -0.1) is 0 Å². The van der Waals surface area contributed by atoms with Gasteiger partial charge in [0.25, 0.3) is 0 Å². The number of carbonyl (C=O) groups excluding carboxylic acids is 1. The average molecular weight is 724 g/mol. The maximum atomic E-state index is 13.5. The second kappa shape index (κ2) is 17.0. The number of aromatic nitrogens is 1. The van der Waals surface area contributed by atoms with Gasteiger partial charge in [0, 0.05) is 22.8 Å². The van der Waals surface area contributed by atoms with E-state index >= 15 is 0 Å². The molecule has 1 aliphatic rings. The van der Waals surface area contributed by atoms with Crippen LogP contribution in [0, 0.1) is 5.92 Å². The van der Waals surface area contributed by atoms with E-state index < -0.39 is 17.9 Å². The first-order chi connectivity index (χ1) is 24.1. The van der Waals surface area contributed by atoms with Crippen molar-refractivity contribution in [3.8, 4) is 11.5 Å². The Kier molecular flexibility index (Phi) is 12.6. The minimum atomic E-state index is -1.11. The van der Waals surface area contributed by atoms with Crippen molar-refractivity contribution in [3.63, 3.8) is 0 Å². The van der Waals surface area contributed by atoms with E-state index in [0.717, 1.165) is 47.4 Å². The van der Waals surface area contributed by atoms with Gasteiger partial charge in [0.1, 0.15) is 16.1 Å². The summed E-state index contributed by atoms with van der Waals surface area (Å²) >= 11 is 13.1. The average Bonchev–Trinajstić information content (AvgIpc) is 3.11. The molecule has 3 N–H and O–H groups in total. The number of nitrogens with one attached hydrogen (secondary N) is 1. The lowest BCUT2D eigenvalue weighted by molar-refractivity contribution is -0.904. The first-order valence-corrected chi connectivity index (χ1v) is 17.1. The third-order valence-electron chi connectivity index (χ3n) is 9.19. The van der Waals surface area contributed by atoms with E-state index in [9.17, 15) is 19.9 Å². The molecule has 0 bridgehead atoms. The van der Waals surface area contributed by atoms with Gasteiger partial charge in [0.05, 0.1) is 26.4 Å². The zero-order valence-electron chi connectivity index (χ0n) is 28.3. The molecule has 0 aliphatic carbocycles. The Morgan fingerprint density at radius 3 is 2.26 bits per heavy atom. The molecule has 2 heterocycles. The van der Waals surface area contributed by atoms with Crippen molar-refractivity contribution in [2.24, 2.45) is 5.92 Å². The predicted molar refractivity (Wildman–Crippen MR) is 190 cm³/mol. The lowest BCUT2D eigenvalue weighted by Crippen LogP contribution is -2.34. The van der Waals surface area contributed by atoms with Gasteiger partial charge in [0.2, 0.25) is 12.4 Å². The Morgan fingerprint density at radius 2 is 1.62 bits per heavy atom. The highest BCUT2D eigenvalue weighted by Crippen LogP contribution is 2.39. The Hall–Kier alpha value is -4.35. The van der Waals surface area contributed by atoms with Crippen molar-refractivity contribution in [3.05, 3.63) is 123 Å². The summed E-state index contributed by atoms with van der Waals surface area (Å²) in [6.45, 7) is 2.56. The van der Waals surface area contributed by atoms with Gasteiger partial charge >= 0.3 is 11.9 Å². The summed E-state index contributed by atoms with van der Waals surface area (Å²) < 4.78 is 17.7. The number of esters is 1. The highest BCUT2D eigenvalue weighted by atomic mass is 35.5. The van der Waals surface area contributed by atoms with Crippen molar-refractivity contribution in [2.45, 2.75) is 37.8 Å². The summed E-state index contributed by atoms with van der Waals surface area (Å²) in [6.07, 6.45) is 4.80. The van der Waals surface area contributed by atoms with E-state index in [2.05, 4.69) is 17.3 Å². The zero-order valence-corrected chi connectivity index (χ0v) is 29.8. The van der Waals surface area contributed by atoms with E-state index in [1.807, 2.05) is 42.5 Å². The number of benzene rings is 3. The Labute approximate surface area is 302 Å². The highest BCUT2D eigenvalue weighted by Gasteiger charge is 2.28. The number of methoxy groups -OCH3 is 2. The second-order valence-corrected chi connectivity index (χ2v) is 13.3. The van der Waals surface area contributed by atoms with Crippen LogP contribution in [0.2, 0.25) is 10.0 Å². The fourth-order valence-electron chi connectivity index (χ4n) is 6.34. The van der Waals surface area contributed by atoms with Crippen LogP contribution in [0.25, 0.3) is 0 Å². The number of likely N-dealkylation sites (tertiary alicyclic amines) is 1. The fraction of sp³-hybridized carbons (Fsp3) is 0.342. The first kappa shape index (κ1) is 36.9. The molecule has 5 rings (SSSR count). The summed E-state index contributed by atoms with van der Waals surface area (Å²) in [6, 6.07) is 19.2. The third-order valence-corrected chi connectivity index (χ3v) is 9.84. The van der Waals surface area contributed by atoms with Crippen molar-refractivity contribution in [1.82, 2.24) is 10.2 Å². The molecule has 1 unspecified atom stereocenters. The molecular formula is C38H42Cl2N3O7+. The van der Waals surface area contributed by atoms with Crippen LogP contribution < -0.4 is 19.5 Å². The highest BCUT2D eigenvalue weighted by molar-refractivity contribution is 6.35. The molecule has 1 aliphatic heterocycles. The maximum Gasteiger partial charge on any atom is 0.335 e. The molecule has 3 aromatic carbocycles. The Morgan fingerprint density at radius 1 is 0.940 bits per heavy atom. The van der Waals surface area contributed by atoms with Gasteiger partial charge in [-0.25, -0.2) is 9.59 Å². The number of carboxylic acids is 1. The molecule has 12 heteroatoms. The summed E-state index contributed by atoms with van der Waals surface area (Å²) in [5.41, 5.74) is 3.35. The minimum Gasteiger partial charge on any atom is -0.493 e. The molecular weight excluding hydrogens is 681 g/mol. The van der Waals surface area contributed by atoms with Crippen LogP contribution >= 0.6 is 23.2 Å². The molecule has 1 saturated heterocycles. The van der Waals surface area contributed by atoms with Crippen molar-refractivity contribution < 1.29 is 38.8 Å². The minimum absolute atomic E-state index is 0.0890. The number of pyridine rings is 1. The van der Waals surface area contributed by atoms with Crippen LogP contribution in [-0.4, -0.2) is 68.1 Å². The molecule has 0 radical (unpaired) electrons.